The standard InChI is InChI=1S/C42H60N2O2/c1(5-21-43-23-7-8-24-43)3-11-27-45-38-17-13-34(14-18-38)41(42-37-30-33-29-36(32-37)40(42)31-33)35-15-19-39(20-16-35)46-28-12-4-2-6-22-44-25-9-10-26-44/h13-20,33,36-37,40H,1-12,21-32H2. The molecule has 4 unspecified atom stereocenters. The lowest BCUT2D eigenvalue weighted by Crippen LogP contribution is -2.20. The Balaban J connectivity index is 0.921. The zero-order valence-electron chi connectivity index (χ0n) is 28.6. The van der Waals surface area contributed by atoms with Crippen LogP contribution in [-0.4, -0.2) is 62.3 Å². The van der Waals surface area contributed by atoms with Crippen LogP contribution in [0.1, 0.15) is 114 Å². The SMILES string of the molecule is c1cc(C(=C2C3CC4CC(C3)C2C4)c2ccc(OCCCCCCN3CCCC3)cc2)ccc1OCCCCCCN1CCCC1. The Labute approximate surface area is 279 Å². The summed E-state index contributed by atoms with van der Waals surface area (Å²) in [6, 6.07) is 18.2. The highest BCUT2D eigenvalue weighted by atomic mass is 16.5. The van der Waals surface area contributed by atoms with E-state index in [2.05, 4.69) is 58.3 Å². The van der Waals surface area contributed by atoms with E-state index in [0.29, 0.717) is 0 Å². The van der Waals surface area contributed by atoms with Crippen LogP contribution in [0.2, 0.25) is 0 Å². The van der Waals surface area contributed by atoms with Gasteiger partial charge in [0.2, 0.25) is 0 Å². The van der Waals surface area contributed by atoms with Gasteiger partial charge in [-0.1, -0.05) is 55.5 Å². The van der Waals surface area contributed by atoms with Crippen LogP contribution in [0.15, 0.2) is 54.1 Å². The lowest BCUT2D eigenvalue weighted by molar-refractivity contribution is 0.296. The highest BCUT2D eigenvalue weighted by Gasteiger charge is 2.51. The smallest absolute Gasteiger partial charge is 0.119 e. The lowest BCUT2D eigenvalue weighted by atomic mass is 9.75. The summed E-state index contributed by atoms with van der Waals surface area (Å²) in [6.07, 6.45) is 21.4. The molecule has 46 heavy (non-hydrogen) atoms. The molecule has 2 heterocycles. The van der Waals surface area contributed by atoms with E-state index < -0.39 is 0 Å². The molecule has 2 aliphatic heterocycles. The molecule has 2 saturated heterocycles. The van der Waals surface area contributed by atoms with Gasteiger partial charge in [-0.15, -0.1) is 0 Å². The molecular formula is C42H60N2O2. The molecule has 6 fully saturated rings. The van der Waals surface area contributed by atoms with Crippen molar-refractivity contribution in [3.8, 4) is 11.5 Å². The summed E-state index contributed by atoms with van der Waals surface area (Å²) in [5, 5.41) is 0. The summed E-state index contributed by atoms with van der Waals surface area (Å²) >= 11 is 0. The van der Waals surface area contributed by atoms with Gasteiger partial charge in [-0.3, -0.25) is 0 Å². The van der Waals surface area contributed by atoms with Gasteiger partial charge in [0.25, 0.3) is 0 Å². The van der Waals surface area contributed by atoms with E-state index in [9.17, 15) is 0 Å². The fraction of sp³-hybridized carbons (Fsp3) is 0.667. The average molecular weight is 625 g/mol. The van der Waals surface area contributed by atoms with Crippen molar-refractivity contribution >= 4 is 5.57 Å². The van der Waals surface area contributed by atoms with Crippen LogP contribution in [0.25, 0.3) is 5.57 Å². The Kier molecular flexibility index (Phi) is 11.4. The van der Waals surface area contributed by atoms with E-state index in [0.717, 1.165) is 61.2 Å². The zero-order chi connectivity index (χ0) is 31.0. The van der Waals surface area contributed by atoms with Crippen LogP contribution in [-0.2, 0) is 0 Å². The van der Waals surface area contributed by atoms with E-state index in [1.54, 1.807) is 5.57 Å². The van der Waals surface area contributed by atoms with E-state index >= 15 is 0 Å². The molecule has 4 nitrogen and oxygen atoms in total. The van der Waals surface area contributed by atoms with Gasteiger partial charge >= 0.3 is 0 Å². The van der Waals surface area contributed by atoms with E-state index in [1.165, 1.54) is 146 Å². The molecule has 0 aromatic heterocycles. The van der Waals surface area contributed by atoms with E-state index in [-0.39, 0.29) is 0 Å². The maximum atomic E-state index is 6.21. The molecule has 4 aliphatic carbocycles. The second-order valence-electron chi connectivity index (χ2n) is 15.4. The molecule has 4 bridgehead atoms. The first kappa shape index (κ1) is 32.3. The first-order valence-corrected chi connectivity index (χ1v) is 19.5. The highest BCUT2D eigenvalue weighted by molar-refractivity contribution is 5.83. The van der Waals surface area contributed by atoms with Crippen molar-refractivity contribution in [3.05, 3.63) is 65.2 Å². The quantitative estimate of drug-likeness (QED) is 0.154. The van der Waals surface area contributed by atoms with Gasteiger partial charge in [-0.05, 0) is 181 Å². The van der Waals surface area contributed by atoms with E-state index in [4.69, 9.17) is 9.47 Å². The number of hydrogen-bond donors (Lipinski definition) is 0. The van der Waals surface area contributed by atoms with Gasteiger partial charge in [0.1, 0.15) is 11.5 Å². The van der Waals surface area contributed by atoms with Gasteiger partial charge < -0.3 is 19.3 Å². The van der Waals surface area contributed by atoms with Crippen LogP contribution < -0.4 is 9.47 Å². The fourth-order valence-corrected chi connectivity index (χ4v) is 9.79. The number of ether oxygens (including phenoxy) is 2. The summed E-state index contributed by atoms with van der Waals surface area (Å²) < 4.78 is 12.4. The number of likely N-dealkylation sites (tertiary alicyclic amines) is 2. The molecule has 0 amide bonds. The number of nitrogens with zero attached hydrogens (tertiary/aromatic N) is 2. The maximum absolute atomic E-state index is 6.21. The summed E-state index contributed by atoms with van der Waals surface area (Å²) in [5.41, 5.74) is 6.00. The largest absolute Gasteiger partial charge is 0.494 e. The fourth-order valence-electron chi connectivity index (χ4n) is 9.79. The predicted molar refractivity (Wildman–Crippen MR) is 191 cm³/mol. The summed E-state index contributed by atoms with van der Waals surface area (Å²) in [7, 11) is 0. The third kappa shape index (κ3) is 8.21. The number of benzene rings is 2. The molecule has 250 valence electrons. The van der Waals surface area contributed by atoms with Gasteiger partial charge in [-0.25, -0.2) is 0 Å². The topological polar surface area (TPSA) is 24.9 Å². The van der Waals surface area contributed by atoms with Crippen molar-refractivity contribution in [2.24, 2.45) is 23.7 Å². The van der Waals surface area contributed by atoms with Gasteiger partial charge in [0.15, 0.2) is 0 Å². The lowest BCUT2D eigenvalue weighted by Gasteiger charge is -2.30. The predicted octanol–water partition coefficient (Wildman–Crippen LogP) is 9.62. The Hall–Kier alpha value is -2.30. The molecule has 0 radical (unpaired) electrons. The highest BCUT2D eigenvalue weighted by Crippen LogP contribution is 2.62. The first-order chi connectivity index (χ1) is 22.8. The minimum Gasteiger partial charge on any atom is -0.494 e. The second kappa shape index (κ2) is 16.2. The zero-order valence-corrected chi connectivity index (χ0v) is 28.6. The molecule has 4 saturated carbocycles. The van der Waals surface area contributed by atoms with Gasteiger partial charge in [-0.2, -0.15) is 0 Å². The van der Waals surface area contributed by atoms with Crippen LogP contribution in [0.3, 0.4) is 0 Å². The monoisotopic (exact) mass is 624 g/mol. The van der Waals surface area contributed by atoms with Crippen molar-refractivity contribution in [2.45, 2.75) is 103 Å². The number of allylic oxidation sites excluding steroid dienone is 1. The van der Waals surface area contributed by atoms with Crippen molar-refractivity contribution in [3.63, 3.8) is 0 Å². The molecule has 4 atom stereocenters. The Bertz CT molecular complexity index is 1160. The number of hydrogen-bond acceptors (Lipinski definition) is 4. The van der Waals surface area contributed by atoms with Crippen molar-refractivity contribution < 1.29 is 9.47 Å². The number of rotatable bonds is 18. The first-order valence-electron chi connectivity index (χ1n) is 19.5. The minimum atomic E-state index is 0.778. The Morgan fingerprint density at radius 2 is 1.04 bits per heavy atom. The van der Waals surface area contributed by atoms with Gasteiger partial charge in [0.05, 0.1) is 13.2 Å². The molecule has 0 spiro atoms. The third-order valence-corrected chi connectivity index (χ3v) is 12.1. The van der Waals surface area contributed by atoms with Crippen LogP contribution in [0.5, 0.6) is 11.5 Å². The van der Waals surface area contributed by atoms with E-state index in [1.807, 2.05) is 0 Å². The third-order valence-electron chi connectivity index (χ3n) is 12.1. The molecule has 0 N–H and O–H groups in total. The summed E-state index contributed by atoms with van der Waals surface area (Å²) in [5.74, 6) is 5.50. The molecular weight excluding hydrogens is 564 g/mol. The Morgan fingerprint density at radius 1 is 0.543 bits per heavy atom. The summed E-state index contributed by atoms with van der Waals surface area (Å²) in [6.45, 7) is 9.50. The molecule has 8 rings (SSSR count). The molecule has 2 aromatic carbocycles. The summed E-state index contributed by atoms with van der Waals surface area (Å²) in [4.78, 5) is 5.26. The van der Waals surface area contributed by atoms with Gasteiger partial charge in [0, 0.05) is 0 Å². The van der Waals surface area contributed by atoms with Crippen molar-refractivity contribution in [1.29, 1.82) is 0 Å². The second-order valence-corrected chi connectivity index (χ2v) is 15.4. The molecule has 6 aliphatic rings. The molecule has 2 aromatic rings. The van der Waals surface area contributed by atoms with Crippen LogP contribution in [0, 0.1) is 23.7 Å². The normalized spacial score (nSPS) is 25.6. The molecule has 4 heteroatoms. The average Bonchev–Trinajstić information content (AvgIpc) is 3.89. The van der Waals surface area contributed by atoms with Crippen LogP contribution >= 0.6 is 0 Å². The number of unbranched alkanes of at least 4 members (excludes halogenated alkanes) is 6. The Morgan fingerprint density at radius 3 is 1.54 bits per heavy atom. The van der Waals surface area contributed by atoms with Crippen molar-refractivity contribution in [2.75, 3.05) is 52.5 Å². The van der Waals surface area contributed by atoms with Crippen molar-refractivity contribution in [1.82, 2.24) is 9.80 Å². The maximum Gasteiger partial charge on any atom is 0.119 e. The minimum absolute atomic E-state index is 0.778. The van der Waals surface area contributed by atoms with Crippen LogP contribution in [0.4, 0.5) is 0 Å².